The van der Waals surface area contributed by atoms with E-state index < -0.39 is 7.82 Å². The van der Waals surface area contributed by atoms with Crippen LogP contribution in [0.15, 0.2) is 0 Å². The van der Waals surface area contributed by atoms with Gasteiger partial charge in [-0.15, -0.1) is 0 Å². The molecule has 0 radical (unpaired) electrons. The van der Waals surface area contributed by atoms with Crippen molar-refractivity contribution in [2.45, 2.75) is 0 Å². The lowest BCUT2D eigenvalue weighted by Crippen LogP contribution is -1.66. The molecule has 5 N–H and O–H groups in total. The molecule has 0 aromatic carbocycles. The average Bonchev–Trinajstić information content (AvgIpc) is 0.722. The number of phosphoric acid groups is 1. The van der Waals surface area contributed by atoms with E-state index in [0.29, 0.717) is 0 Å². The van der Waals surface area contributed by atoms with Crippen molar-refractivity contribution in [2.75, 3.05) is 0 Å². The minimum Gasteiger partial charge on any atom is -0.412 e. The van der Waals surface area contributed by atoms with Gasteiger partial charge in [0.1, 0.15) is 0 Å². The van der Waals surface area contributed by atoms with E-state index in [2.05, 4.69) is 0 Å². The van der Waals surface area contributed by atoms with Crippen LogP contribution in [0.1, 0.15) is 0 Å². The van der Waals surface area contributed by atoms with Gasteiger partial charge in [-0.2, -0.15) is 0 Å². The Hall–Kier alpha value is 0.836. The molecular weight excluding hydrogens is 135 g/mol. The number of hydrogen-bond donors (Lipinski definition) is 3. The van der Waals surface area contributed by atoms with Gasteiger partial charge in [-0.1, -0.05) is 0 Å². The lowest BCUT2D eigenvalue weighted by Gasteiger charge is -1.82. The first-order valence-corrected chi connectivity index (χ1v) is 2.35. The van der Waals surface area contributed by atoms with E-state index in [-0.39, 0.29) is 28.5 Å². The second-order valence-corrected chi connectivity index (χ2v) is 1.54. The molecule has 0 saturated heterocycles. The van der Waals surface area contributed by atoms with Gasteiger partial charge >= 0.3 is 30.9 Å². The maximum atomic E-state index is 8.88. The first kappa shape index (κ1) is 15.7. The van der Waals surface area contributed by atoms with Crippen LogP contribution < -0.4 is 0 Å². The van der Waals surface area contributed by atoms with Crippen LogP contribution in [0.4, 0.5) is 0 Å². The number of rotatable bonds is 0. The van der Waals surface area contributed by atoms with E-state index in [1.807, 2.05) is 0 Å². The number of hydrogen-bond acceptors (Lipinski definition) is 1. The Morgan fingerprint density at radius 2 is 1.14 bits per heavy atom. The summed E-state index contributed by atoms with van der Waals surface area (Å²) in [7, 11) is -4.64. The predicted octanol–water partition coefficient (Wildman–Crippen LogP) is -2.67. The molecule has 0 aliphatic heterocycles. The lowest BCUT2D eigenvalue weighted by atomic mass is 15.8. The maximum Gasteiger partial charge on any atom is 0.466 e. The van der Waals surface area contributed by atoms with Crippen molar-refractivity contribution in [1.29, 1.82) is 0 Å². The Balaban J connectivity index is -0.0000000800. The Bertz CT molecular complexity index is 54.2. The molecular formula is H7MgO5P. The topological polar surface area (TPSA) is 109 Å². The summed E-state index contributed by atoms with van der Waals surface area (Å²) in [5.74, 6) is 0. The Labute approximate surface area is 56.1 Å². The summed E-state index contributed by atoms with van der Waals surface area (Å²) in [6.45, 7) is 0. The van der Waals surface area contributed by atoms with Crippen LogP contribution >= 0.6 is 7.82 Å². The molecule has 0 aromatic rings. The van der Waals surface area contributed by atoms with E-state index >= 15 is 0 Å². The predicted molar refractivity (Wildman–Crippen MR) is 26.4 cm³/mol. The molecule has 0 spiro atoms. The van der Waals surface area contributed by atoms with Gasteiger partial charge < -0.3 is 20.2 Å². The minimum absolute atomic E-state index is 0. The monoisotopic (exact) mass is 142 g/mol. The van der Waals surface area contributed by atoms with Gasteiger partial charge in [-0.05, 0) is 0 Å². The second-order valence-electron chi connectivity index (χ2n) is 0.513. The van der Waals surface area contributed by atoms with Gasteiger partial charge in [0.15, 0.2) is 0 Å². The van der Waals surface area contributed by atoms with Crippen LogP contribution in [0.3, 0.4) is 0 Å². The molecule has 0 heterocycles. The highest BCUT2D eigenvalue weighted by atomic mass is 31.2. The fourth-order valence-corrected chi connectivity index (χ4v) is 0. The van der Waals surface area contributed by atoms with Crippen molar-refractivity contribution >= 4 is 30.9 Å². The molecule has 7 heteroatoms. The quantitative estimate of drug-likeness (QED) is 0.253. The largest absolute Gasteiger partial charge is 0.466 e. The molecule has 0 bridgehead atoms. The second kappa shape index (κ2) is 4.98. The minimum atomic E-state index is -4.64. The maximum absolute atomic E-state index is 8.88. The zero-order chi connectivity index (χ0) is 4.50. The van der Waals surface area contributed by atoms with Crippen molar-refractivity contribution in [2.24, 2.45) is 0 Å². The van der Waals surface area contributed by atoms with E-state index in [1.54, 1.807) is 0 Å². The Morgan fingerprint density at radius 3 is 1.14 bits per heavy atom. The molecule has 0 saturated carbocycles. The van der Waals surface area contributed by atoms with Crippen molar-refractivity contribution in [3.63, 3.8) is 0 Å². The molecule has 0 aliphatic carbocycles. The van der Waals surface area contributed by atoms with Crippen LogP contribution in [-0.4, -0.2) is 43.2 Å². The highest BCUT2D eigenvalue weighted by Crippen LogP contribution is 2.25. The first-order chi connectivity index (χ1) is 2.00. The third-order valence-corrected chi connectivity index (χ3v) is 0. The molecule has 0 amide bonds. The van der Waals surface area contributed by atoms with Crippen LogP contribution in [0.2, 0.25) is 0 Å². The summed E-state index contributed by atoms with van der Waals surface area (Å²) in [6.07, 6.45) is 0. The van der Waals surface area contributed by atoms with Crippen molar-refractivity contribution < 1.29 is 24.7 Å². The summed E-state index contributed by atoms with van der Waals surface area (Å²) in [5, 5.41) is 0. The SMILES string of the molecule is O.O=P(O)(O)O.[MgH2]. The van der Waals surface area contributed by atoms with Gasteiger partial charge in [-0.25, -0.2) is 4.57 Å². The van der Waals surface area contributed by atoms with Gasteiger partial charge in [0.25, 0.3) is 0 Å². The molecule has 7 heavy (non-hydrogen) atoms. The van der Waals surface area contributed by atoms with Crippen LogP contribution in [-0.2, 0) is 4.57 Å². The Kier molecular flexibility index (Phi) is 11.1. The summed E-state index contributed by atoms with van der Waals surface area (Å²) < 4.78 is 8.88. The van der Waals surface area contributed by atoms with E-state index in [0.717, 1.165) is 0 Å². The van der Waals surface area contributed by atoms with E-state index in [1.165, 1.54) is 0 Å². The van der Waals surface area contributed by atoms with Crippen molar-refractivity contribution in [3.05, 3.63) is 0 Å². The van der Waals surface area contributed by atoms with Gasteiger partial charge in [0, 0.05) is 0 Å². The highest BCUT2D eigenvalue weighted by Gasteiger charge is 2.00. The smallest absolute Gasteiger partial charge is 0.412 e. The van der Waals surface area contributed by atoms with Crippen LogP contribution in [0, 0.1) is 0 Å². The molecule has 0 atom stereocenters. The molecule has 5 nitrogen and oxygen atoms in total. The van der Waals surface area contributed by atoms with Gasteiger partial charge in [-0.3, -0.25) is 0 Å². The van der Waals surface area contributed by atoms with Crippen molar-refractivity contribution in [3.8, 4) is 0 Å². The third kappa shape index (κ3) is 229. The average molecular weight is 142 g/mol. The molecule has 0 aliphatic rings. The zero-order valence-corrected chi connectivity index (χ0v) is 3.59. The summed E-state index contributed by atoms with van der Waals surface area (Å²) in [4.78, 5) is 21.6. The third-order valence-electron chi connectivity index (χ3n) is 0. The molecule has 44 valence electrons. The zero-order valence-electron chi connectivity index (χ0n) is 2.70. The fraction of sp³-hybridized carbons (Fsp3) is 0. The highest BCUT2D eigenvalue weighted by molar-refractivity contribution is 7.45. The molecule has 0 rings (SSSR count). The lowest BCUT2D eigenvalue weighted by molar-refractivity contribution is 0.275. The first-order valence-electron chi connectivity index (χ1n) is 0.783. The fourth-order valence-electron chi connectivity index (χ4n) is 0. The standard InChI is InChI=1S/Mg.H3O4P.H2O.2H/c;1-5(2,3)4;;;/h;(H3,1,2,3,4);1H2;;. The van der Waals surface area contributed by atoms with Gasteiger partial charge in [0.05, 0.1) is 0 Å². The van der Waals surface area contributed by atoms with E-state index in [9.17, 15) is 0 Å². The molecule has 0 unspecified atom stereocenters. The van der Waals surface area contributed by atoms with Gasteiger partial charge in [0.2, 0.25) is 0 Å². The normalized spacial score (nSPS) is 8.43. The van der Waals surface area contributed by atoms with E-state index in [4.69, 9.17) is 19.2 Å². The summed E-state index contributed by atoms with van der Waals surface area (Å²) in [5.41, 5.74) is 0. The summed E-state index contributed by atoms with van der Waals surface area (Å²) in [6, 6.07) is 0. The molecule has 0 fully saturated rings. The van der Waals surface area contributed by atoms with Crippen LogP contribution in [0.5, 0.6) is 0 Å². The van der Waals surface area contributed by atoms with Crippen molar-refractivity contribution in [1.82, 2.24) is 0 Å². The van der Waals surface area contributed by atoms with Crippen LogP contribution in [0.25, 0.3) is 0 Å². The molecule has 0 aromatic heterocycles. The summed E-state index contributed by atoms with van der Waals surface area (Å²) >= 11 is 0. The Morgan fingerprint density at radius 1 is 1.14 bits per heavy atom.